The first kappa shape index (κ1) is 23.5. The van der Waals surface area contributed by atoms with Crippen molar-refractivity contribution in [2.24, 2.45) is 0 Å². The van der Waals surface area contributed by atoms with Crippen LogP contribution in [-0.2, 0) is 9.59 Å². The van der Waals surface area contributed by atoms with Crippen LogP contribution in [-0.4, -0.2) is 50.9 Å². The van der Waals surface area contributed by atoms with Gasteiger partial charge in [0.1, 0.15) is 0 Å². The molecule has 0 fully saturated rings. The van der Waals surface area contributed by atoms with Crippen molar-refractivity contribution in [2.45, 2.75) is 37.9 Å². The van der Waals surface area contributed by atoms with Gasteiger partial charge in [0, 0.05) is 13.0 Å². The SMILES string of the molecule is CC(=O)/C=C(\O)C(F)(F)F.CC(=O)C(F)(F)C(O)(O)C(F)(F)F. The molecule has 23 heavy (non-hydrogen) atoms. The molecule has 0 radical (unpaired) electrons. The Balaban J connectivity index is 0. The second-order valence-electron chi connectivity index (χ2n) is 3.94. The number of Topliss-reactive ketones (excluding diaryl/α,β-unsaturated/α-hetero) is 1. The summed E-state index contributed by atoms with van der Waals surface area (Å²) >= 11 is 0. The summed E-state index contributed by atoms with van der Waals surface area (Å²) in [5, 5.41) is 24.1. The molecule has 0 aromatic rings. The Bertz CT molecular complexity index is 475. The minimum Gasteiger partial charge on any atom is -0.504 e. The van der Waals surface area contributed by atoms with Crippen LogP contribution >= 0.6 is 0 Å². The molecule has 0 rings (SSSR count). The van der Waals surface area contributed by atoms with E-state index in [0.717, 1.165) is 6.92 Å². The fraction of sp³-hybridized carbons (Fsp3) is 0.600. The van der Waals surface area contributed by atoms with Crippen LogP contribution in [0.5, 0.6) is 0 Å². The monoisotopic (exact) mass is 362 g/mol. The van der Waals surface area contributed by atoms with Gasteiger partial charge in [-0.3, -0.25) is 9.59 Å². The standard InChI is InChI=1S/C5H5F5O3.C5H5F3O2/c1-2(11)3(6,7)4(12,13)5(8,9)10;1-3(9)2-4(10)5(6,7)8/h12-13H,1H3;2,10H,1H3/b;4-2-. The zero-order chi connectivity index (χ0) is 19.4. The maximum atomic E-state index is 12.3. The number of halogens is 8. The average molecular weight is 362 g/mol. The largest absolute Gasteiger partial charge is 0.504 e. The summed E-state index contributed by atoms with van der Waals surface area (Å²) in [5.41, 5.74) is 0. The summed E-state index contributed by atoms with van der Waals surface area (Å²) in [6.07, 6.45) is -10.7. The van der Waals surface area contributed by atoms with Crippen molar-refractivity contribution >= 4 is 11.6 Å². The van der Waals surface area contributed by atoms with Gasteiger partial charge in [-0.1, -0.05) is 0 Å². The predicted octanol–water partition coefficient (Wildman–Crippen LogP) is 2.03. The molecule has 13 heteroatoms. The van der Waals surface area contributed by atoms with Crippen molar-refractivity contribution in [3.63, 3.8) is 0 Å². The molecule has 0 saturated heterocycles. The Morgan fingerprint density at radius 2 is 1.22 bits per heavy atom. The molecule has 3 N–H and O–H groups in total. The van der Waals surface area contributed by atoms with Gasteiger partial charge in [-0.05, 0) is 6.92 Å². The van der Waals surface area contributed by atoms with Crippen LogP contribution in [0, 0.1) is 0 Å². The van der Waals surface area contributed by atoms with E-state index < -0.39 is 41.4 Å². The Kier molecular flexibility index (Phi) is 7.37. The number of allylic oxidation sites excluding steroid dienone is 2. The number of carbonyl (C=O) groups is 2. The Hall–Kier alpha value is -1.76. The second kappa shape index (κ2) is 7.21. The van der Waals surface area contributed by atoms with Crippen molar-refractivity contribution < 1.29 is 60.0 Å². The van der Waals surface area contributed by atoms with Gasteiger partial charge in [0.2, 0.25) is 11.5 Å². The average Bonchev–Trinajstić information content (AvgIpc) is 2.25. The Morgan fingerprint density at radius 1 is 0.870 bits per heavy atom. The highest BCUT2D eigenvalue weighted by Crippen LogP contribution is 2.40. The normalized spacial score (nSPS) is 14.0. The maximum absolute atomic E-state index is 12.3. The molecule has 0 aliphatic rings. The van der Waals surface area contributed by atoms with E-state index in [1.165, 1.54) is 0 Å². The number of aliphatic hydroxyl groups is 3. The fourth-order valence-electron chi connectivity index (χ4n) is 0.698. The van der Waals surface area contributed by atoms with Crippen molar-refractivity contribution in [3.05, 3.63) is 11.8 Å². The van der Waals surface area contributed by atoms with Crippen LogP contribution in [0.25, 0.3) is 0 Å². The molecule has 0 amide bonds. The first-order valence-corrected chi connectivity index (χ1v) is 5.17. The van der Waals surface area contributed by atoms with Crippen LogP contribution in [0.3, 0.4) is 0 Å². The molecule has 0 saturated carbocycles. The van der Waals surface area contributed by atoms with Crippen molar-refractivity contribution in [1.82, 2.24) is 0 Å². The quantitative estimate of drug-likeness (QED) is 0.309. The minimum absolute atomic E-state index is 0.118. The third kappa shape index (κ3) is 6.48. The van der Waals surface area contributed by atoms with E-state index in [1.807, 2.05) is 0 Å². The molecule has 0 spiro atoms. The predicted molar refractivity (Wildman–Crippen MR) is 56.3 cm³/mol. The zero-order valence-electron chi connectivity index (χ0n) is 11.3. The van der Waals surface area contributed by atoms with E-state index in [-0.39, 0.29) is 13.0 Å². The fourth-order valence-corrected chi connectivity index (χ4v) is 0.698. The van der Waals surface area contributed by atoms with Gasteiger partial charge in [-0.15, -0.1) is 0 Å². The summed E-state index contributed by atoms with van der Waals surface area (Å²) in [4.78, 5) is 20.0. The van der Waals surface area contributed by atoms with E-state index in [0.29, 0.717) is 0 Å². The Labute approximate surface area is 122 Å². The third-order valence-corrected chi connectivity index (χ3v) is 1.91. The summed E-state index contributed by atoms with van der Waals surface area (Å²) in [6, 6.07) is 0. The van der Waals surface area contributed by atoms with E-state index in [1.54, 1.807) is 0 Å². The highest BCUT2D eigenvalue weighted by molar-refractivity contribution is 5.87. The molecule has 0 atom stereocenters. The summed E-state index contributed by atoms with van der Waals surface area (Å²) in [6.45, 7) is 1.04. The summed E-state index contributed by atoms with van der Waals surface area (Å²) < 4.78 is 93.2. The molecule has 0 heterocycles. The lowest BCUT2D eigenvalue weighted by Crippen LogP contribution is -2.61. The van der Waals surface area contributed by atoms with Gasteiger partial charge in [-0.2, -0.15) is 35.1 Å². The highest BCUT2D eigenvalue weighted by Gasteiger charge is 2.71. The minimum atomic E-state index is -6.00. The van der Waals surface area contributed by atoms with Crippen molar-refractivity contribution in [1.29, 1.82) is 0 Å². The van der Waals surface area contributed by atoms with Crippen molar-refractivity contribution in [3.8, 4) is 0 Å². The molecule has 136 valence electrons. The lowest BCUT2D eigenvalue weighted by atomic mass is 10.1. The van der Waals surface area contributed by atoms with Gasteiger partial charge in [-0.25, -0.2) is 0 Å². The molecule has 0 aromatic carbocycles. The van der Waals surface area contributed by atoms with E-state index in [4.69, 9.17) is 15.3 Å². The number of aliphatic hydroxyl groups excluding tert-OH is 1. The van der Waals surface area contributed by atoms with Gasteiger partial charge in [0.05, 0.1) is 0 Å². The number of hydrogen-bond donors (Lipinski definition) is 3. The smallest absolute Gasteiger partial charge is 0.450 e. The molecular weight excluding hydrogens is 352 g/mol. The molecule has 0 aromatic heterocycles. The number of rotatable bonds is 3. The second-order valence-corrected chi connectivity index (χ2v) is 3.94. The van der Waals surface area contributed by atoms with Crippen LogP contribution in [0.15, 0.2) is 11.8 Å². The lowest BCUT2D eigenvalue weighted by Gasteiger charge is -2.30. The number of alkyl halides is 8. The van der Waals surface area contributed by atoms with E-state index in [9.17, 15) is 44.7 Å². The van der Waals surface area contributed by atoms with Crippen LogP contribution in [0.1, 0.15) is 13.8 Å². The topological polar surface area (TPSA) is 94.8 Å². The van der Waals surface area contributed by atoms with Crippen LogP contribution in [0.4, 0.5) is 35.1 Å². The van der Waals surface area contributed by atoms with Gasteiger partial charge in [0.15, 0.2) is 5.78 Å². The summed E-state index contributed by atoms with van der Waals surface area (Å²) in [5.74, 6) is -15.6. The van der Waals surface area contributed by atoms with Crippen LogP contribution in [0.2, 0.25) is 0 Å². The first-order chi connectivity index (χ1) is 9.78. The van der Waals surface area contributed by atoms with E-state index in [2.05, 4.69) is 0 Å². The molecule has 0 aliphatic carbocycles. The Morgan fingerprint density at radius 3 is 1.30 bits per heavy atom. The van der Waals surface area contributed by atoms with E-state index >= 15 is 0 Å². The highest BCUT2D eigenvalue weighted by atomic mass is 19.4. The summed E-state index contributed by atoms with van der Waals surface area (Å²) in [7, 11) is 0. The maximum Gasteiger partial charge on any atom is 0.450 e. The molecule has 0 bridgehead atoms. The number of hydrogen-bond acceptors (Lipinski definition) is 5. The zero-order valence-corrected chi connectivity index (χ0v) is 11.3. The van der Waals surface area contributed by atoms with Gasteiger partial charge >= 0.3 is 24.1 Å². The molecule has 0 aliphatic heterocycles. The lowest BCUT2D eigenvalue weighted by molar-refractivity contribution is -0.404. The molecule has 0 unspecified atom stereocenters. The van der Waals surface area contributed by atoms with Crippen LogP contribution < -0.4 is 0 Å². The third-order valence-electron chi connectivity index (χ3n) is 1.91. The van der Waals surface area contributed by atoms with Gasteiger partial charge in [0.25, 0.3) is 0 Å². The molecular formula is C10H10F8O5. The van der Waals surface area contributed by atoms with Gasteiger partial charge < -0.3 is 15.3 Å². The number of carbonyl (C=O) groups excluding carboxylic acids is 2. The molecule has 5 nitrogen and oxygen atoms in total. The van der Waals surface area contributed by atoms with Crippen molar-refractivity contribution in [2.75, 3.05) is 0 Å². The number of ketones is 2. The first-order valence-electron chi connectivity index (χ1n) is 5.17.